The van der Waals surface area contributed by atoms with Crippen LogP contribution in [0.2, 0.25) is 0 Å². The third-order valence-corrected chi connectivity index (χ3v) is 23.7. The molecule has 1 N–H and O–H groups in total. The molecule has 3 unspecified atom stereocenters. The van der Waals surface area contributed by atoms with E-state index in [1.54, 1.807) is 55.4 Å². The molecule has 0 aromatic carbocycles. The van der Waals surface area contributed by atoms with Gasteiger partial charge in [-0.05, 0) is 235 Å². The molecule has 0 radical (unpaired) electrons. The zero-order chi connectivity index (χ0) is 86.2. The number of hydrogen-bond acceptors (Lipinski definition) is 25. The number of alkyl halides is 4. The average Bonchev–Trinajstić information content (AvgIpc) is 1.33. The number of carbonyl (C=O) groups excluding carboxylic acids is 12. The minimum atomic E-state index is -3.68. The Balaban J connectivity index is -0.000000165. The summed E-state index contributed by atoms with van der Waals surface area (Å²) >= 11 is 0. The number of esters is 12. The molecule has 8 bridgehead atoms. The molecule has 9 aliphatic rings. The quantitative estimate of drug-likeness (QED) is 0.0198. The highest BCUT2D eigenvalue weighted by Gasteiger charge is 2.61. The number of rotatable bonds is 37. The smallest absolute Gasteiger partial charge is 0.347 e. The number of hydrogen-bond donors (Lipinski definition) is 1. The van der Waals surface area contributed by atoms with Crippen LogP contribution in [0, 0.1) is 68.0 Å². The maximum atomic E-state index is 13.8. The summed E-state index contributed by atoms with van der Waals surface area (Å²) in [5.41, 5.74) is -4.25. The molecule has 125 heavy (non-hydrogen) atoms. The summed E-state index contributed by atoms with van der Waals surface area (Å²) in [6.07, 6.45) is 11.8. The Labute approximate surface area is 755 Å². The van der Waals surface area contributed by atoms with E-state index in [4.69, 9.17) is 33.2 Å². The molecule has 3 atom stereocenters. The highest BCUT2D eigenvalue weighted by molar-refractivity contribution is 5.87. The van der Waals surface area contributed by atoms with E-state index >= 15 is 0 Å². The van der Waals surface area contributed by atoms with Gasteiger partial charge >= 0.3 is 71.6 Å². The van der Waals surface area contributed by atoms with Gasteiger partial charge in [0, 0.05) is 18.4 Å². The standard InChI is InChI=1S/C21H34F2O8.C19H28F2O8.C18H30O2.C16H26O3.C10H16O4.12CH4/c1-7-19(3,4)17(26)30-11-9-28-15(24)13-21(22,23)14-16(25)29-10-12-31-18(27)20(5,6)8-2;1-6-18(4,5)17(25)29-10-8-27-15(23)12-19(20,21)11-14(22)26-7-9-28-16(24)13(2)3;1-5-17(3,4)16(19)20-18(6-2)14-8-12-7-13(10-14)11-15(18)9-12;1-4-14(2,3)13(17)19-16-8-11-5-12(9-16)7-15(18,6-11)10-16;1-4-10(2,3)9(12)14-7-5-6-13-8(7)11;;;;;;;;;;;;/h7-14H2,1-6H3;2,6-12H2,1,3-5H3;12-15H,5-11H2,1-4H3;11-12,18H,4-10H2,1-3H3;7H,4-6H2,1-3H3;12*1H4. The minimum absolute atomic E-state index is 0. The second-order valence-corrected chi connectivity index (χ2v) is 35.7. The fraction of sp³-hybridized carbons (Fsp3) is 0.854. The molecular formula is C96H182F4O25. The summed E-state index contributed by atoms with van der Waals surface area (Å²) in [7, 11) is 0. The molecule has 0 spiro atoms. The van der Waals surface area contributed by atoms with Gasteiger partial charge in [0.2, 0.25) is 6.10 Å². The van der Waals surface area contributed by atoms with Crippen LogP contribution in [0.4, 0.5) is 17.6 Å². The lowest BCUT2D eigenvalue weighted by Crippen LogP contribution is -2.61. The highest BCUT2D eigenvalue weighted by atomic mass is 19.3. The third kappa shape index (κ3) is 43.8. The molecule has 744 valence electrons. The molecule has 1 heterocycles. The van der Waals surface area contributed by atoms with Crippen LogP contribution in [0.25, 0.3) is 0 Å². The molecule has 1 saturated heterocycles. The molecule has 0 amide bonds. The van der Waals surface area contributed by atoms with Crippen LogP contribution >= 0.6 is 0 Å². The lowest BCUT2D eigenvalue weighted by Gasteiger charge is -2.60. The molecular weight excluding hydrogens is 1630 g/mol. The van der Waals surface area contributed by atoms with E-state index in [2.05, 4.69) is 44.1 Å². The van der Waals surface area contributed by atoms with Gasteiger partial charge in [-0.15, -0.1) is 0 Å². The summed E-state index contributed by atoms with van der Waals surface area (Å²) in [6.45, 7) is 37.9. The topological polar surface area (TPSA) is 336 Å². The van der Waals surface area contributed by atoms with E-state index in [1.165, 1.54) is 45.4 Å². The van der Waals surface area contributed by atoms with E-state index < -0.39 is 137 Å². The van der Waals surface area contributed by atoms with Crippen molar-refractivity contribution in [3.63, 3.8) is 0 Å². The van der Waals surface area contributed by atoms with Crippen LogP contribution in [-0.2, 0) is 114 Å². The first-order valence-electron chi connectivity index (χ1n) is 40.4. The van der Waals surface area contributed by atoms with Crippen molar-refractivity contribution in [2.45, 2.75) is 410 Å². The van der Waals surface area contributed by atoms with Crippen molar-refractivity contribution < 1.29 is 137 Å². The highest BCUT2D eigenvalue weighted by Crippen LogP contribution is 2.62. The number of halogens is 4. The Morgan fingerprint density at radius 3 is 0.936 bits per heavy atom. The Bertz CT molecular complexity index is 3150. The molecule has 8 aliphatic carbocycles. The number of ether oxygens (including phenoxy) is 12. The largest absolute Gasteiger partial charge is 0.463 e. The molecule has 25 nitrogen and oxygen atoms in total. The molecule has 1 aliphatic heterocycles. The first kappa shape index (κ1) is 139. The van der Waals surface area contributed by atoms with Crippen molar-refractivity contribution >= 4 is 71.6 Å². The first-order valence-corrected chi connectivity index (χ1v) is 40.4. The molecule has 9 rings (SSSR count). The maximum absolute atomic E-state index is 13.8. The van der Waals surface area contributed by atoms with Crippen LogP contribution in [0.5, 0.6) is 0 Å². The first-order chi connectivity index (χ1) is 52.1. The zero-order valence-electron chi connectivity index (χ0n) is 71.1. The fourth-order valence-electron chi connectivity index (χ4n) is 14.5. The van der Waals surface area contributed by atoms with E-state index in [0.29, 0.717) is 68.8 Å². The average molecular weight is 1810 g/mol. The third-order valence-electron chi connectivity index (χ3n) is 23.7. The molecule has 29 heteroatoms. The molecule has 8 saturated carbocycles. The Morgan fingerprint density at radius 1 is 0.392 bits per heavy atom. The summed E-state index contributed by atoms with van der Waals surface area (Å²) in [4.78, 5) is 140. The molecule has 9 fully saturated rings. The van der Waals surface area contributed by atoms with Crippen molar-refractivity contribution in [1.82, 2.24) is 0 Å². The number of aliphatic hydroxyl groups is 1. The summed E-state index contributed by atoms with van der Waals surface area (Å²) in [6, 6.07) is 0. The number of cyclic esters (lactones) is 1. The van der Waals surface area contributed by atoms with E-state index in [9.17, 15) is 80.2 Å². The van der Waals surface area contributed by atoms with E-state index in [1.807, 2.05) is 62.3 Å². The predicted octanol–water partition coefficient (Wildman–Crippen LogP) is 22.6. The number of carbonyl (C=O) groups is 12. The normalized spacial score (nSPS) is 21.7. The van der Waals surface area contributed by atoms with Crippen molar-refractivity contribution in [2.24, 2.45) is 68.0 Å². The van der Waals surface area contributed by atoms with Crippen molar-refractivity contribution in [2.75, 3.05) is 59.5 Å². The monoisotopic (exact) mass is 1810 g/mol. The SMILES string of the molecule is C.C.C.C.C.C.C.C.C.C.C.C.C=C(C)C(=O)OCCOC(=O)CC(F)(F)CC(=O)OCCOC(=O)C(C)(C)CC.CCC(C)(C)C(=O)OC1(CC)C2CC3CC(C2)CC1C3.CCC(C)(C)C(=O)OC12CC3CC(CC(O)(C3)C1)C2.CCC(C)(C)C(=O)OC1CCOC1=O.CCC(C)(C)C(=O)OCCOC(=O)CC(F)(F)CC(=O)OCCOC(=O)C(C)(C)CC. The fourth-order valence-corrected chi connectivity index (χ4v) is 14.5. The maximum Gasteiger partial charge on any atom is 0.347 e. The lowest BCUT2D eigenvalue weighted by atomic mass is 9.49. The van der Waals surface area contributed by atoms with Gasteiger partial charge in [-0.2, -0.15) is 0 Å². The lowest BCUT2D eigenvalue weighted by molar-refractivity contribution is -0.225. The van der Waals surface area contributed by atoms with Crippen molar-refractivity contribution in [3.8, 4) is 0 Å². The van der Waals surface area contributed by atoms with Gasteiger partial charge in [0.15, 0.2) is 0 Å². The Kier molecular flexibility index (Phi) is 65.7. The van der Waals surface area contributed by atoms with Gasteiger partial charge in [0.05, 0.1) is 44.7 Å². The second-order valence-electron chi connectivity index (χ2n) is 35.7. The second kappa shape index (κ2) is 59.3. The van der Waals surface area contributed by atoms with Crippen LogP contribution in [0.15, 0.2) is 12.2 Å². The van der Waals surface area contributed by atoms with Crippen LogP contribution < -0.4 is 0 Å². The predicted molar refractivity (Wildman–Crippen MR) is 486 cm³/mol. The molecule has 0 aromatic heterocycles. The van der Waals surface area contributed by atoms with Gasteiger partial charge in [-0.3, -0.25) is 47.9 Å². The van der Waals surface area contributed by atoms with Crippen LogP contribution in [0.1, 0.15) is 375 Å². The van der Waals surface area contributed by atoms with Crippen LogP contribution in [-0.4, -0.2) is 171 Å². The van der Waals surface area contributed by atoms with Crippen molar-refractivity contribution in [3.05, 3.63) is 12.2 Å². The van der Waals surface area contributed by atoms with Gasteiger partial charge in [-0.25, -0.2) is 27.2 Å². The Hall–Kier alpha value is -6.94. The van der Waals surface area contributed by atoms with E-state index in [-0.39, 0.29) is 175 Å². The summed E-state index contributed by atoms with van der Waals surface area (Å²) < 4.78 is 115. The Morgan fingerprint density at radius 2 is 0.664 bits per heavy atom. The van der Waals surface area contributed by atoms with Gasteiger partial charge < -0.3 is 61.9 Å². The van der Waals surface area contributed by atoms with Gasteiger partial charge in [0.1, 0.15) is 89.7 Å². The van der Waals surface area contributed by atoms with E-state index in [0.717, 1.165) is 56.8 Å². The molecule has 0 aromatic rings. The van der Waals surface area contributed by atoms with Gasteiger partial charge in [0.25, 0.3) is 11.8 Å². The summed E-state index contributed by atoms with van der Waals surface area (Å²) in [5.74, 6) is -11.0. The minimum Gasteiger partial charge on any atom is -0.463 e. The summed E-state index contributed by atoms with van der Waals surface area (Å²) in [5, 5.41) is 10.6. The van der Waals surface area contributed by atoms with Crippen LogP contribution in [0.3, 0.4) is 0 Å². The zero-order valence-corrected chi connectivity index (χ0v) is 71.1. The van der Waals surface area contributed by atoms with Gasteiger partial charge in [-0.1, -0.05) is 144 Å². The van der Waals surface area contributed by atoms with Crippen molar-refractivity contribution in [1.29, 1.82) is 0 Å².